The van der Waals surface area contributed by atoms with Crippen LogP contribution in [0.15, 0.2) is 24.8 Å². The molecule has 0 spiro atoms. The summed E-state index contributed by atoms with van der Waals surface area (Å²) in [7, 11) is 2.75. The summed E-state index contributed by atoms with van der Waals surface area (Å²) < 4.78 is 20.8. The van der Waals surface area contributed by atoms with Gasteiger partial charge in [0.1, 0.15) is 48.8 Å². The molecule has 4 heterocycles. The van der Waals surface area contributed by atoms with Crippen molar-refractivity contribution in [3.05, 3.63) is 38.1 Å². The fraction of sp³-hybridized carbons (Fsp3) is 0.750. The first kappa shape index (κ1) is 37.1. The fourth-order valence-corrected chi connectivity index (χ4v) is 4.25. The molecule has 4 rings (SSSR count). The Morgan fingerprint density at radius 2 is 0.951 bits per heavy atom. The van der Waals surface area contributed by atoms with Crippen LogP contribution in [0.3, 0.4) is 0 Å². The molecule has 0 aromatic carbocycles. The molecule has 2 saturated heterocycles. The van der Waals surface area contributed by atoms with E-state index in [-0.39, 0.29) is 0 Å². The van der Waals surface area contributed by atoms with Gasteiger partial charge in [0.25, 0.3) is 0 Å². The van der Waals surface area contributed by atoms with E-state index in [4.69, 9.17) is 18.9 Å². The Balaban J connectivity index is 0.000000262. The first-order chi connectivity index (χ1) is 19.5. The molecule has 41 heavy (non-hydrogen) atoms. The zero-order valence-electron chi connectivity index (χ0n) is 23.1. The minimum absolute atomic E-state index is 0.317. The third kappa shape index (κ3) is 10.5. The van der Waals surface area contributed by atoms with E-state index in [1.54, 1.807) is 22.2 Å². The Morgan fingerprint density at radius 1 is 0.634 bits per heavy atom. The van der Waals surface area contributed by atoms with Crippen LogP contribution < -0.4 is 0 Å². The maximum atomic E-state index is 9.92. The van der Waals surface area contributed by atoms with Crippen molar-refractivity contribution in [1.29, 1.82) is 0 Å². The van der Waals surface area contributed by atoms with Gasteiger partial charge in [-0.2, -0.15) is 0 Å². The van der Waals surface area contributed by atoms with Gasteiger partial charge in [0.15, 0.2) is 12.6 Å². The predicted octanol–water partition coefficient (Wildman–Crippen LogP) is -1.22. The summed E-state index contributed by atoms with van der Waals surface area (Å²) in [6.45, 7) is 12.3. The number of ether oxygens (including phenoxy) is 4. The number of aliphatic hydroxyl groups excluding tert-OH is 6. The van der Waals surface area contributed by atoms with E-state index in [0.29, 0.717) is 27.0 Å². The zero-order chi connectivity index (χ0) is 30.7. The topological polar surface area (TPSA) is 171 Å². The van der Waals surface area contributed by atoms with Crippen LogP contribution >= 0.6 is 26.9 Å². The third-order valence-electron chi connectivity index (χ3n) is 6.60. The summed E-state index contributed by atoms with van der Waals surface area (Å²) in [5, 5.41) is 58.7. The van der Waals surface area contributed by atoms with Crippen LogP contribution in [0.25, 0.3) is 0 Å². The number of hydrogen-bond donors (Lipinski definition) is 6. The van der Waals surface area contributed by atoms with Crippen molar-refractivity contribution in [2.24, 2.45) is 0 Å². The molecule has 17 heteroatoms. The third-order valence-corrected chi connectivity index (χ3v) is 6.60. The second-order valence-corrected chi connectivity index (χ2v) is 16.4. The van der Waals surface area contributed by atoms with Crippen molar-refractivity contribution in [3.8, 4) is 0 Å². The SMILES string of the molecule is CCN1[C]N(C[C@H]2O[C@H](OC)[C@H](O)[C@@H](O)[C@@H]2O)C=C1.CCN1[C]N(C[C@H]2O[C@H](OC)[C@H](O)[C@@H](O)[C@@H]2O)C=C1.[Br][Pd][Br]. The molecule has 4 radical (unpaired) electrons. The van der Waals surface area contributed by atoms with E-state index in [2.05, 4.69) is 40.2 Å². The fourth-order valence-electron chi connectivity index (χ4n) is 4.25. The van der Waals surface area contributed by atoms with Crippen LogP contribution in [0, 0.1) is 13.3 Å². The number of aliphatic hydroxyl groups is 6. The van der Waals surface area contributed by atoms with Crippen molar-refractivity contribution < 1.29 is 63.5 Å². The van der Waals surface area contributed by atoms with Crippen LogP contribution in [0.1, 0.15) is 13.8 Å². The molecule has 0 aromatic heterocycles. The summed E-state index contributed by atoms with van der Waals surface area (Å²) in [5.74, 6) is 0. The molecule has 0 saturated carbocycles. The van der Waals surface area contributed by atoms with Gasteiger partial charge in [0.2, 0.25) is 13.3 Å². The number of nitrogens with zero attached hydrogens (tertiary/aromatic N) is 4. The van der Waals surface area contributed by atoms with Gasteiger partial charge in [-0.15, -0.1) is 0 Å². The Hall–Kier alpha value is -0.0977. The molecule has 240 valence electrons. The van der Waals surface area contributed by atoms with E-state index in [1.807, 2.05) is 36.0 Å². The zero-order valence-corrected chi connectivity index (χ0v) is 27.8. The van der Waals surface area contributed by atoms with E-state index < -0.39 is 61.4 Å². The van der Waals surface area contributed by atoms with Crippen LogP contribution in [-0.4, -0.2) is 152 Å². The monoisotopic (exact) mass is 808 g/mol. The van der Waals surface area contributed by atoms with Crippen LogP contribution in [0.4, 0.5) is 0 Å². The van der Waals surface area contributed by atoms with Gasteiger partial charge in [0, 0.05) is 65.2 Å². The molecule has 4 aliphatic rings. The minimum atomic E-state index is -1.29. The molecule has 0 amide bonds. The van der Waals surface area contributed by atoms with Gasteiger partial charge in [-0.3, -0.25) is 0 Å². The van der Waals surface area contributed by atoms with Crippen molar-refractivity contribution >= 4 is 26.9 Å². The molecule has 10 atom stereocenters. The summed E-state index contributed by atoms with van der Waals surface area (Å²) in [4.78, 5) is 7.17. The van der Waals surface area contributed by atoms with E-state index in [9.17, 15) is 30.6 Å². The number of halogens is 2. The molecule has 0 aromatic rings. The normalized spacial score (nSPS) is 36.8. The number of rotatable bonds is 8. The maximum absolute atomic E-state index is 9.92. The van der Waals surface area contributed by atoms with Gasteiger partial charge < -0.3 is 69.2 Å². The summed E-state index contributed by atoms with van der Waals surface area (Å²) >= 11 is 6.80. The molecule has 0 bridgehead atoms. The average molecular weight is 811 g/mol. The van der Waals surface area contributed by atoms with E-state index in [0.717, 1.165) is 13.1 Å². The molecule has 6 N–H and O–H groups in total. The van der Waals surface area contributed by atoms with Crippen LogP contribution in [-0.2, 0) is 32.9 Å². The second kappa shape index (κ2) is 18.7. The van der Waals surface area contributed by atoms with Crippen molar-refractivity contribution in [2.75, 3.05) is 40.4 Å². The standard InChI is InChI=1S/2C12H20N2O5.2BrH.Pd/c2*1-3-13-4-5-14(7-13)6-8-9(15)10(16)11(17)12(18-2)19-8;;;/h2*4-5,8-12,15-17H,3,6H2,1-2H3;2*1H;/q;;;;+2/p-2/t2*8-,9-,10+,11-,12+;;;/m11.../s1. The van der Waals surface area contributed by atoms with E-state index in [1.165, 1.54) is 14.2 Å². The number of hydrogen-bond acceptors (Lipinski definition) is 14. The summed E-state index contributed by atoms with van der Waals surface area (Å²) in [6, 6.07) is 0. The Kier molecular flexibility index (Phi) is 16.9. The molecular weight excluding hydrogens is 771 g/mol. The quantitative estimate of drug-likeness (QED) is 0.161. The van der Waals surface area contributed by atoms with Crippen molar-refractivity contribution in [1.82, 2.24) is 19.6 Å². The van der Waals surface area contributed by atoms with Crippen LogP contribution in [0.5, 0.6) is 0 Å². The Morgan fingerprint density at radius 3 is 1.22 bits per heavy atom. The first-order valence-corrected chi connectivity index (χ1v) is 19.9. The van der Waals surface area contributed by atoms with Crippen LogP contribution in [0.2, 0.25) is 0 Å². The van der Waals surface area contributed by atoms with Gasteiger partial charge in [-0.05, 0) is 13.8 Å². The molecular formula is C24H40Br2N4O10Pd. The second-order valence-electron chi connectivity index (χ2n) is 9.22. The number of methoxy groups -OCH3 is 2. The van der Waals surface area contributed by atoms with Crippen molar-refractivity contribution in [2.45, 2.75) is 75.3 Å². The predicted molar refractivity (Wildman–Crippen MR) is 148 cm³/mol. The Bertz CT molecular complexity index is 746. The molecule has 14 nitrogen and oxygen atoms in total. The molecule has 2 fully saturated rings. The Labute approximate surface area is 262 Å². The van der Waals surface area contributed by atoms with Gasteiger partial charge in [0.05, 0.1) is 0 Å². The van der Waals surface area contributed by atoms with Crippen molar-refractivity contribution in [3.63, 3.8) is 0 Å². The van der Waals surface area contributed by atoms with E-state index >= 15 is 0 Å². The molecule has 0 aliphatic carbocycles. The van der Waals surface area contributed by atoms with Gasteiger partial charge >= 0.3 is 40.8 Å². The molecule has 4 aliphatic heterocycles. The van der Waals surface area contributed by atoms with Gasteiger partial charge in [-0.25, -0.2) is 0 Å². The average Bonchev–Trinajstić information content (AvgIpc) is 3.63. The summed E-state index contributed by atoms with van der Waals surface area (Å²) in [6.07, 6.45) is -3.37. The van der Waals surface area contributed by atoms with Gasteiger partial charge in [-0.1, -0.05) is 0 Å². The summed E-state index contributed by atoms with van der Waals surface area (Å²) in [5.41, 5.74) is 0. The molecule has 0 unspecified atom stereocenters. The first-order valence-electron chi connectivity index (χ1n) is 12.8.